The Labute approximate surface area is 140 Å². The molecular formula is C19H17N3S. The van der Waals surface area contributed by atoms with Gasteiger partial charge in [0.15, 0.2) is 0 Å². The summed E-state index contributed by atoms with van der Waals surface area (Å²) in [5.41, 5.74) is 3.33. The van der Waals surface area contributed by atoms with Crippen LogP contribution in [0.15, 0.2) is 53.6 Å². The van der Waals surface area contributed by atoms with Gasteiger partial charge in [-0.3, -0.25) is 0 Å². The Morgan fingerprint density at radius 2 is 1.78 bits per heavy atom. The van der Waals surface area contributed by atoms with Crippen molar-refractivity contribution in [3.05, 3.63) is 65.5 Å². The van der Waals surface area contributed by atoms with Crippen LogP contribution in [0.1, 0.15) is 17.0 Å². The second kappa shape index (κ2) is 6.80. The Kier molecular flexibility index (Phi) is 4.59. The third-order valence-electron chi connectivity index (χ3n) is 3.62. The van der Waals surface area contributed by atoms with Gasteiger partial charge in [0.2, 0.25) is 0 Å². The molecule has 1 aromatic heterocycles. The van der Waals surface area contributed by atoms with E-state index >= 15 is 0 Å². The Balaban J connectivity index is 1.87. The fraction of sp³-hybridized carbons (Fsp3) is 0.211. The monoisotopic (exact) mass is 319 g/mol. The van der Waals surface area contributed by atoms with Crippen LogP contribution in [0.4, 0.5) is 0 Å². The lowest BCUT2D eigenvalue weighted by atomic mass is 10.1. The molecule has 0 spiro atoms. The van der Waals surface area contributed by atoms with Crippen molar-refractivity contribution < 1.29 is 0 Å². The number of nitriles is 1. The molecule has 0 N–H and O–H groups in total. The van der Waals surface area contributed by atoms with Crippen LogP contribution in [0.5, 0.6) is 0 Å². The van der Waals surface area contributed by atoms with E-state index in [1.807, 2.05) is 31.2 Å². The number of thioether (sulfide) groups is 1. The second-order valence-corrected chi connectivity index (χ2v) is 6.71. The summed E-state index contributed by atoms with van der Waals surface area (Å²) in [6.07, 6.45) is 0.707. The molecule has 0 fully saturated rings. The molecule has 1 heterocycles. The first-order valence-corrected chi connectivity index (χ1v) is 8.39. The first-order chi connectivity index (χ1) is 11.2. The molecule has 0 amide bonds. The number of benzene rings is 2. The molecule has 0 saturated heterocycles. The molecule has 0 aliphatic heterocycles. The highest BCUT2D eigenvalue weighted by atomic mass is 32.2. The normalized spacial score (nSPS) is 12.0. The van der Waals surface area contributed by atoms with Crippen LogP contribution < -0.4 is 0 Å². The Bertz CT molecular complexity index is 866. The predicted molar refractivity (Wildman–Crippen MR) is 94.4 cm³/mol. The molecular weight excluding hydrogens is 302 g/mol. The standard InChI is InChI=1S/C19H17N3S/c1-13-7-9-15(10-8-13)11-16(12-20)23-19-17-5-3-4-6-18(17)21-14(2)22-19/h3-10,16H,11H2,1-2H3. The van der Waals surface area contributed by atoms with Gasteiger partial charge in [-0.05, 0) is 31.9 Å². The zero-order chi connectivity index (χ0) is 16.2. The minimum Gasteiger partial charge on any atom is -0.233 e. The quantitative estimate of drug-likeness (QED) is 0.526. The van der Waals surface area contributed by atoms with E-state index in [2.05, 4.69) is 47.2 Å². The van der Waals surface area contributed by atoms with Crippen LogP contribution in [0.3, 0.4) is 0 Å². The molecule has 1 unspecified atom stereocenters. The van der Waals surface area contributed by atoms with E-state index in [-0.39, 0.29) is 5.25 Å². The molecule has 1 atom stereocenters. The summed E-state index contributed by atoms with van der Waals surface area (Å²) in [5.74, 6) is 0.734. The molecule has 0 radical (unpaired) electrons. The summed E-state index contributed by atoms with van der Waals surface area (Å²) in [7, 11) is 0. The smallest absolute Gasteiger partial charge is 0.127 e. The van der Waals surface area contributed by atoms with E-state index in [1.165, 1.54) is 22.9 Å². The number of nitrogens with zero attached hydrogens (tertiary/aromatic N) is 3. The summed E-state index contributed by atoms with van der Waals surface area (Å²) in [6, 6.07) is 18.7. The topological polar surface area (TPSA) is 49.6 Å². The van der Waals surface area contributed by atoms with E-state index < -0.39 is 0 Å². The minimum absolute atomic E-state index is 0.171. The van der Waals surface area contributed by atoms with Gasteiger partial charge < -0.3 is 0 Å². The first kappa shape index (κ1) is 15.5. The van der Waals surface area contributed by atoms with Gasteiger partial charge in [-0.2, -0.15) is 5.26 Å². The highest BCUT2D eigenvalue weighted by Crippen LogP contribution is 2.30. The zero-order valence-corrected chi connectivity index (χ0v) is 14.0. The molecule has 0 saturated carbocycles. The maximum Gasteiger partial charge on any atom is 0.127 e. The van der Waals surface area contributed by atoms with Gasteiger partial charge in [0.05, 0.1) is 11.6 Å². The zero-order valence-electron chi connectivity index (χ0n) is 13.2. The van der Waals surface area contributed by atoms with Crippen LogP contribution in [-0.4, -0.2) is 15.2 Å². The van der Waals surface area contributed by atoms with Gasteiger partial charge in [-0.15, -0.1) is 0 Å². The number of para-hydroxylation sites is 1. The van der Waals surface area contributed by atoms with Crippen LogP contribution >= 0.6 is 11.8 Å². The summed E-state index contributed by atoms with van der Waals surface area (Å²) in [6.45, 7) is 3.95. The number of hydrogen-bond acceptors (Lipinski definition) is 4. The molecule has 3 rings (SSSR count). The fourth-order valence-electron chi connectivity index (χ4n) is 2.43. The average molecular weight is 319 g/mol. The highest BCUT2D eigenvalue weighted by Gasteiger charge is 2.14. The second-order valence-electron chi connectivity index (χ2n) is 5.52. The van der Waals surface area contributed by atoms with Crippen molar-refractivity contribution >= 4 is 22.7 Å². The summed E-state index contributed by atoms with van der Waals surface area (Å²) in [5, 5.41) is 11.2. The number of rotatable bonds is 4. The van der Waals surface area contributed by atoms with Crippen molar-refractivity contribution in [3.8, 4) is 6.07 Å². The van der Waals surface area contributed by atoms with Gasteiger partial charge in [-0.25, -0.2) is 9.97 Å². The van der Waals surface area contributed by atoms with E-state index in [9.17, 15) is 5.26 Å². The molecule has 0 aliphatic rings. The molecule has 3 nitrogen and oxygen atoms in total. The van der Waals surface area contributed by atoms with Crippen molar-refractivity contribution in [1.82, 2.24) is 9.97 Å². The van der Waals surface area contributed by atoms with Crippen LogP contribution in [0.25, 0.3) is 10.9 Å². The molecule has 3 aromatic rings. The first-order valence-electron chi connectivity index (χ1n) is 7.51. The lowest BCUT2D eigenvalue weighted by Crippen LogP contribution is -2.05. The van der Waals surface area contributed by atoms with Crippen LogP contribution in [-0.2, 0) is 6.42 Å². The Morgan fingerprint density at radius 1 is 1.04 bits per heavy atom. The Hall–Kier alpha value is -2.38. The molecule has 23 heavy (non-hydrogen) atoms. The van der Waals surface area contributed by atoms with E-state index in [1.54, 1.807) is 0 Å². The van der Waals surface area contributed by atoms with Crippen molar-refractivity contribution in [3.63, 3.8) is 0 Å². The number of aromatic nitrogens is 2. The van der Waals surface area contributed by atoms with Crippen molar-refractivity contribution in [2.45, 2.75) is 30.5 Å². The molecule has 0 bridgehead atoms. The largest absolute Gasteiger partial charge is 0.233 e. The average Bonchev–Trinajstić information content (AvgIpc) is 2.56. The molecule has 4 heteroatoms. The van der Waals surface area contributed by atoms with Crippen molar-refractivity contribution in [2.75, 3.05) is 0 Å². The van der Waals surface area contributed by atoms with E-state index in [0.29, 0.717) is 6.42 Å². The van der Waals surface area contributed by atoms with Crippen LogP contribution in [0, 0.1) is 25.2 Å². The third-order valence-corrected chi connectivity index (χ3v) is 4.71. The fourth-order valence-corrected chi connectivity index (χ4v) is 3.52. The predicted octanol–water partition coefficient (Wildman–Crippen LogP) is 4.47. The molecule has 114 valence electrons. The van der Waals surface area contributed by atoms with Gasteiger partial charge in [-0.1, -0.05) is 59.8 Å². The molecule has 2 aromatic carbocycles. The van der Waals surface area contributed by atoms with E-state index in [4.69, 9.17) is 0 Å². The van der Waals surface area contributed by atoms with Gasteiger partial charge in [0.25, 0.3) is 0 Å². The Morgan fingerprint density at radius 3 is 2.52 bits per heavy atom. The van der Waals surface area contributed by atoms with Crippen molar-refractivity contribution in [2.24, 2.45) is 0 Å². The third kappa shape index (κ3) is 3.69. The van der Waals surface area contributed by atoms with Crippen molar-refractivity contribution in [1.29, 1.82) is 5.26 Å². The lowest BCUT2D eigenvalue weighted by Gasteiger charge is -2.11. The van der Waals surface area contributed by atoms with Gasteiger partial charge >= 0.3 is 0 Å². The minimum atomic E-state index is -0.171. The van der Waals surface area contributed by atoms with Gasteiger partial charge in [0, 0.05) is 5.39 Å². The summed E-state index contributed by atoms with van der Waals surface area (Å²) >= 11 is 1.52. The summed E-state index contributed by atoms with van der Waals surface area (Å²) in [4.78, 5) is 9.00. The highest BCUT2D eigenvalue weighted by molar-refractivity contribution is 8.00. The number of fused-ring (bicyclic) bond motifs is 1. The maximum atomic E-state index is 9.53. The van der Waals surface area contributed by atoms with E-state index in [0.717, 1.165) is 21.8 Å². The number of hydrogen-bond donors (Lipinski definition) is 0. The SMILES string of the molecule is Cc1ccc(CC(C#N)Sc2nc(C)nc3ccccc23)cc1. The maximum absolute atomic E-state index is 9.53. The number of aryl methyl sites for hydroxylation is 2. The lowest BCUT2D eigenvalue weighted by molar-refractivity contribution is 0.987. The van der Waals surface area contributed by atoms with Crippen LogP contribution in [0.2, 0.25) is 0 Å². The summed E-state index contributed by atoms with van der Waals surface area (Å²) < 4.78 is 0. The molecule has 0 aliphatic carbocycles. The van der Waals surface area contributed by atoms with Gasteiger partial charge in [0.1, 0.15) is 16.1 Å².